The summed E-state index contributed by atoms with van der Waals surface area (Å²) in [5, 5.41) is 2.32. The molecule has 200 valence electrons. The molecule has 0 aliphatic heterocycles. The molecule has 0 saturated heterocycles. The summed E-state index contributed by atoms with van der Waals surface area (Å²) in [4.78, 5) is 1.33. The summed E-state index contributed by atoms with van der Waals surface area (Å²) in [6.45, 7) is 23.6. The highest BCUT2D eigenvalue weighted by Gasteiger charge is 2.36. The largest absolute Gasteiger partial charge is 0.330 e. The number of fused-ring (bicyclic) bond motifs is 1. The van der Waals surface area contributed by atoms with E-state index in [1.54, 1.807) is 11.1 Å². The van der Waals surface area contributed by atoms with Crippen LogP contribution in [0.2, 0.25) is 0 Å². The molecule has 1 aliphatic rings. The van der Waals surface area contributed by atoms with E-state index in [1.807, 2.05) is 11.8 Å². The van der Waals surface area contributed by atoms with Gasteiger partial charge in [-0.1, -0.05) is 92.5 Å². The predicted octanol–water partition coefficient (Wildman–Crippen LogP) is 9.32. The Morgan fingerprint density at radius 2 is 1.49 bits per heavy atom. The van der Waals surface area contributed by atoms with Crippen LogP contribution in [0.4, 0.5) is 0 Å². The van der Waals surface area contributed by atoms with Crippen molar-refractivity contribution in [1.29, 1.82) is 0 Å². The lowest BCUT2D eigenvalue weighted by Gasteiger charge is -2.42. The Hall–Kier alpha value is -1.03. The number of hydrogen-bond acceptors (Lipinski definition) is 3. The van der Waals surface area contributed by atoms with E-state index in [0.29, 0.717) is 12.0 Å². The number of benzene rings is 1. The molecule has 0 saturated carbocycles. The average molecular weight is 501 g/mol. The molecular weight excluding hydrogens is 444 g/mol. The van der Waals surface area contributed by atoms with Crippen LogP contribution in [0.1, 0.15) is 130 Å². The Morgan fingerprint density at radius 3 is 2.00 bits per heavy atom. The van der Waals surface area contributed by atoms with Gasteiger partial charge in [-0.25, -0.2) is 0 Å². The van der Waals surface area contributed by atoms with Gasteiger partial charge in [0, 0.05) is 6.04 Å². The minimum atomic E-state index is 0.269. The first kappa shape index (κ1) is 32.0. The third kappa shape index (κ3) is 10.1. The van der Waals surface area contributed by atoms with Crippen molar-refractivity contribution < 1.29 is 0 Å². The summed E-state index contributed by atoms with van der Waals surface area (Å²) in [6.07, 6.45) is 10.8. The Bertz CT molecular complexity index is 794. The van der Waals surface area contributed by atoms with Crippen LogP contribution in [-0.2, 0) is 10.8 Å². The summed E-state index contributed by atoms with van der Waals surface area (Å²) in [6, 6.07) is 7.51. The second kappa shape index (κ2) is 15.3. The van der Waals surface area contributed by atoms with Gasteiger partial charge in [0.15, 0.2) is 0 Å². The molecule has 0 radical (unpaired) electrons. The maximum absolute atomic E-state index is 5.61. The van der Waals surface area contributed by atoms with Crippen LogP contribution < -0.4 is 11.5 Å². The van der Waals surface area contributed by atoms with Crippen LogP contribution in [0.5, 0.6) is 0 Å². The Balaban J connectivity index is 0.000000658. The first-order valence-corrected chi connectivity index (χ1v) is 14.9. The van der Waals surface area contributed by atoms with E-state index in [9.17, 15) is 0 Å². The maximum atomic E-state index is 5.61. The molecule has 0 aromatic heterocycles. The zero-order valence-electron chi connectivity index (χ0n) is 24.3. The van der Waals surface area contributed by atoms with Gasteiger partial charge in [-0.05, 0) is 101 Å². The quantitative estimate of drug-likeness (QED) is 0.300. The Labute approximate surface area is 222 Å². The molecule has 0 spiro atoms. The van der Waals surface area contributed by atoms with Gasteiger partial charge in [0.25, 0.3) is 0 Å². The van der Waals surface area contributed by atoms with Crippen molar-refractivity contribution in [3.8, 4) is 0 Å². The summed E-state index contributed by atoms with van der Waals surface area (Å²) >= 11 is 1.85. The lowest BCUT2D eigenvalue weighted by atomic mass is 9.63. The fraction of sp³-hybridized carbons (Fsp3) is 0.688. The molecule has 2 rings (SSSR count). The van der Waals surface area contributed by atoms with Crippen LogP contribution in [-0.4, -0.2) is 12.6 Å². The molecule has 0 fully saturated rings. The van der Waals surface area contributed by atoms with E-state index < -0.39 is 0 Å². The molecule has 0 amide bonds. The highest BCUT2D eigenvalue weighted by molar-refractivity contribution is 8.06. The highest BCUT2D eigenvalue weighted by Crippen LogP contribution is 2.46. The van der Waals surface area contributed by atoms with Crippen LogP contribution in [0.25, 0.3) is 5.57 Å². The molecule has 35 heavy (non-hydrogen) atoms. The summed E-state index contributed by atoms with van der Waals surface area (Å²) < 4.78 is 0. The SMILES string of the molecule is C=C(S/C=C(\C)c1ccc2c(c1)C(C)(C)CCC2(C)C)C(CCC)CCC.CCCC(N)CCN. The molecular formula is C32H56N2S. The third-order valence-electron chi connectivity index (χ3n) is 7.62. The second-order valence-electron chi connectivity index (χ2n) is 11.8. The Kier molecular flexibility index (Phi) is 14.0. The van der Waals surface area contributed by atoms with Crippen LogP contribution >= 0.6 is 11.8 Å². The van der Waals surface area contributed by atoms with Crippen LogP contribution in [0.15, 0.2) is 35.1 Å². The summed E-state index contributed by atoms with van der Waals surface area (Å²) in [7, 11) is 0. The van der Waals surface area contributed by atoms with Crippen molar-refractivity contribution in [2.24, 2.45) is 17.4 Å². The topological polar surface area (TPSA) is 52.0 Å². The van der Waals surface area contributed by atoms with E-state index in [4.69, 9.17) is 11.5 Å². The van der Waals surface area contributed by atoms with Gasteiger partial charge in [0.2, 0.25) is 0 Å². The van der Waals surface area contributed by atoms with Gasteiger partial charge in [0.1, 0.15) is 0 Å². The van der Waals surface area contributed by atoms with E-state index in [1.165, 1.54) is 61.0 Å². The van der Waals surface area contributed by atoms with E-state index >= 15 is 0 Å². The average Bonchev–Trinajstić information content (AvgIpc) is 2.81. The molecule has 4 N–H and O–H groups in total. The number of allylic oxidation sites excluding steroid dienone is 2. The molecule has 3 heteroatoms. The zero-order valence-corrected chi connectivity index (χ0v) is 25.1. The third-order valence-corrected chi connectivity index (χ3v) is 8.73. The minimum absolute atomic E-state index is 0.269. The minimum Gasteiger partial charge on any atom is -0.330 e. The lowest BCUT2D eigenvalue weighted by molar-refractivity contribution is 0.332. The second-order valence-corrected chi connectivity index (χ2v) is 12.8. The number of rotatable bonds is 12. The van der Waals surface area contributed by atoms with Crippen molar-refractivity contribution in [3.05, 3.63) is 51.8 Å². The maximum Gasteiger partial charge on any atom is 0.00507 e. The van der Waals surface area contributed by atoms with Crippen molar-refractivity contribution in [2.75, 3.05) is 6.54 Å². The lowest BCUT2D eigenvalue weighted by Crippen LogP contribution is -2.33. The fourth-order valence-electron chi connectivity index (χ4n) is 5.05. The van der Waals surface area contributed by atoms with Gasteiger partial charge in [-0.3, -0.25) is 0 Å². The first-order chi connectivity index (χ1) is 16.4. The van der Waals surface area contributed by atoms with E-state index in [-0.39, 0.29) is 10.8 Å². The van der Waals surface area contributed by atoms with Gasteiger partial charge in [-0.2, -0.15) is 0 Å². The van der Waals surface area contributed by atoms with Gasteiger partial charge >= 0.3 is 0 Å². The summed E-state index contributed by atoms with van der Waals surface area (Å²) in [5.41, 5.74) is 17.3. The van der Waals surface area contributed by atoms with Crippen molar-refractivity contribution in [1.82, 2.24) is 0 Å². The molecule has 1 unspecified atom stereocenters. The molecule has 1 aromatic carbocycles. The van der Waals surface area contributed by atoms with Crippen LogP contribution in [0, 0.1) is 5.92 Å². The molecule has 1 aliphatic carbocycles. The molecule has 0 heterocycles. The molecule has 2 nitrogen and oxygen atoms in total. The normalized spacial score (nSPS) is 17.4. The smallest absolute Gasteiger partial charge is 0.00507 e. The number of nitrogens with two attached hydrogens (primary N) is 2. The zero-order chi connectivity index (χ0) is 26.6. The van der Waals surface area contributed by atoms with Crippen molar-refractivity contribution in [3.63, 3.8) is 0 Å². The highest BCUT2D eigenvalue weighted by atomic mass is 32.2. The first-order valence-electron chi connectivity index (χ1n) is 14.1. The van der Waals surface area contributed by atoms with E-state index in [2.05, 4.69) is 85.6 Å². The monoisotopic (exact) mass is 500 g/mol. The molecule has 0 bridgehead atoms. The number of hydrogen-bond donors (Lipinski definition) is 2. The standard InChI is InChI=1S/C26H40S.C6H16N2/c1-9-11-21(12-10-2)20(4)27-18-19(3)22-13-14-23-24(17-22)26(7,8)16-15-25(23,5)6;1-2-3-6(8)4-5-7/h13-14,17-18,21H,4,9-12,15-16H2,1-3,5-8H3;6H,2-5,7-8H2,1H3/b19-18+;. The van der Waals surface area contributed by atoms with E-state index in [0.717, 1.165) is 19.4 Å². The van der Waals surface area contributed by atoms with Crippen molar-refractivity contribution in [2.45, 2.75) is 130 Å². The summed E-state index contributed by atoms with van der Waals surface area (Å²) in [5.74, 6) is 0.650. The van der Waals surface area contributed by atoms with Gasteiger partial charge < -0.3 is 11.5 Å². The Morgan fingerprint density at radius 1 is 0.943 bits per heavy atom. The fourth-order valence-corrected chi connectivity index (χ4v) is 5.95. The van der Waals surface area contributed by atoms with Gasteiger partial charge in [0.05, 0.1) is 0 Å². The van der Waals surface area contributed by atoms with Crippen LogP contribution in [0.3, 0.4) is 0 Å². The van der Waals surface area contributed by atoms with Gasteiger partial charge in [-0.15, -0.1) is 11.8 Å². The predicted molar refractivity (Wildman–Crippen MR) is 162 cm³/mol. The molecule has 1 atom stereocenters. The van der Waals surface area contributed by atoms with Crippen molar-refractivity contribution >= 4 is 17.3 Å². The number of thioether (sulfide) groups is 1. The molecule has 1 aromatic rings.